The maximum Gasteiger partial charge on any atom is 0.251 e. The van der Waals surface area contributed by atoms with Crippen molar-refractivity contribution in [2.75, 3.05) is 12.4 Å². The van der Waals surface area contributed by atoms with Gasteiger partial charge >= 0.3 is 0 Å². The van der Waals surface area contributed by atoms with Crippen molar-refractivity contribution in [2.45, 2.75) is 0 Å². The van der Waals surface area contributed by atoms with E-state index < -0.39 is 0 Å². The van der Waals surface area contributed by atoms with Crippen LogP contribution in [0, 0.1) is 0 Å². The van der Waals surface area contributed by atoms with Gasteiger partial charge in [0.15, 0.2) is 0 Å². The molecular formula is C11H11BrClNO. The van der Waals surface area contributed by atoms with Gasteiger partial charge in [0, 0.05) is 22.5 Å². The quantitative estimate of drug-likeness (QED) is 0.670. The fourth-order valence-corrected chi connectivity index (χ4v) is 1.55. The van der Waals surface area contributed by atoms with E-state index in [0.717, 1.165) is 4.47 Å². The van der Waals surface area contributed by atoms with Crippen LogP contribution in [0.5, 0.6) is 0 Å². The summed E-state index contributed by atoms with van der Waals surface area (Å²) in [5, 5.41) is 2.76. The fraction of sp³-hybridized carbons (Fsp3) is 0.182. The van der Waals surface area contributed by atoms with Crippen molar-refractivity contribution in [3.05, 3.63) is 46.5 Å². The van der Waals surface area contributed by atoms with Gasteiger partial charge in [0.2, 0.25) is 0 Å². The number of nitrogens with one attached hydrogen (secondary N) is 1. The number of hydrogen-bond donors (Lipinski definition) is 1. The third-order valence-corrected chi connectivity index (χ3v) is 2.39. The molecule has 15 heavy (non-hydrogen) atoms. The van der Waals surface area contributed by atoms with E-state index in [0.29, 0.717) is 18.0 Å². The van der Waals surface area contributed by atoms with Crippen molar-refractivity contribution < 1.29 is 4.79 Å². The number of amides is 1. The number of carbonyl (C=O) groups is 1. The van der Waals surface area contributed by atoms with E-state index in [-0.39, 0.29) is 5.91 Å². The van der Waals surface area contributed by atoms with E-state index in [2.05, 4.69) is 21.2 Å². The molecule has 4 heteroatoms. The third-order valence-electron chi connectivity index (χ3n) is 1.72. The van der Waals surface area contributed by atoms with Crippen LogP contribution in [0.2, 0.25) is 0 Å². The first-order chi connectivity index (χ1) is 7.24. The van der Waals surface area contributed by atoms with Crippen molar-refractivity contribution in [3.8, 4) is 0 Å². The van der Waals surface area contributed by atoms with Gasteiger partial charge in [-0.05, 0) is 18.2 Å². The molecule has 80 valence electrons. The van der Waals surface area contributed by atoms with Crippen LogP contribution in [-0.4, -0.2) is 18.3 Å². The standard InChI is InChI=1S/C11H11BrClNO/c12-10-5-3-4-9(8-10)11(15)14-7-2-1-6-13/h1-5,8H,6-7H2,(H,14,15)/b2-1+. The molecule has 0 radical (unpaired) electrons. The molecule has 2 nitrogen and oxygen atoms in total. The summed E-state index contributed by atoms with van der Waals surface area (Å²) in [6.07, 6.45) is 3.62. The Balaban J connectivity index is 2.50. The molecule has 1 amide bonds. The highest BCUT2D eigenvalue weighted by Gasteiger charge is 2.03. The Morgan fingerprint density at radius 1 is 1.47 bits per heavy atom. The number of rotatable bonds is 4. The van der Waals surface area contributed by atoms with E-state index >= 15 is 0 Å². The van der Waals surface area contributed by atoms with Crippen LogP contribution in [0.4, 0.5) is 0 Å². The molecule has 0 fully saturated rings. The Morgan fingerprint density at radius 2 is 2.27 bits per heavy atom. The Kier molecular flexibility index (Phi) is 5.43. The molecule has 0 aliphatic carbocycles. The lowest BCUT2D eigenvalue weighted by Crippen LogP contribution is -2.23. The van der Waals surface area contributed by atoms with Crippen LogP contribution in [0.15, 0.2) is 40.9 Å². The van der Waals surface area contributed by atoms with Gasteiger partial charge in [-0.25, -0.2) is 0 Å². The number of allylic oxidation sites excluding steroid dienone is 1. The zero-order chi connectivity index (χ0) is 11.1. The van der Waals surface area contributed by atoms with Gasteiger partial charge in [0.25, 0.3) is 5.91 Å². The average Bonchev–Trinajstić information content (AvgIpc) is 2.24. The summed E-state index contributed by atoms with van der Waals surface area (Å²) in [5.41, 5.74) is 0.642. The monoisotopic (exact) mass is 287 g/mol. The van der Waals surface area contributed by atoms with Crippen molar-refractivity contribution in [2.24, 2.45) is 0 Å². The van der Waals surface area contributed by atoms with E-state index in [1.165, 1.54) is 0 Å². The number of alkyl halides is 1. The normalized spacial score (nSPS) is 10.5. The van der Waals surface area contributed by atoms with Gasteiger partial charge in [-0.2, -0.15) is 0 Å². The summed E-state index contributed by atoms with van der Waals surface area (Å²) in [6.45, 7) is 0.498. The minimum absolute atomic E-state index is 0.0875. The molecule has 0 saturated carbocycles. The van der Waals surface area contributed by atoms with Crippen LogP contribution >= 0.6 is 27.5 Å². The van der Waals surface area contributed by atoms with E-state index in [4.69, 9.17) is 11.6 Å². The minimum atomic E-state index is -0.0875. The first-order valence-corrected chi connectivity index (χ1v) is 5.81. The van der Waals surface area contributed by atoms with Gasteiger partial charge in [0.05, 0.1) is 0 Å². The van der Waals surface area contributed by atoms with Crippen molar-refractivity contribution in [1.82, 2.24) is 5.32 Å². The topological polar surface area (TPSA) is 29.1 Å². The molecule has 0 heterocycles. The predicted octanol–water partition coefficient (Wildman–Crippen LogP) is 2.97. The molecule has 0 bridgehead atoms. The number of benzene rings is 1. The highest BCUT2D eigenvalue weighted by atomic mass is 79.9. The van der Waals surface area contributed by atoms with Crippen LogP contribution in [0.3, 0.4) is 0 Å². The largest absolute Gasteiger partial charge is 0.349 e. The fourth-order valence-electron chi connectivity index (χ4n) is 1.03. The molecule has 0 atom stereocenters. The maximum atomic E-state index is 11.6. The van der Waals surface area contributed by atoms with Gasteiger partial charge < -0.3 is 5.32 Å². The van der Waals surface area contributed by atoms with Crippen LogP contribution < -0.4 is 5.32 Å². The summed E-state index contributed by atoms with van der Waals surface area (Å²) in [4.78, 5) is 11.6. The van der Waals surface area contributed by atoms with E-state index in [9.17, 15) is 4.79 Å². The first kappa shape index (κ1) is 12.3. The summed E-state index contributed by atoms with van der Waals surface area (Å²) in [6, 6.07) is 7.25. The maximum absolute atomic E-state index is 11.6. The van der Waals surface area contributed by atoms with Crippen molar-refractivity contribution in [3.63, 3.8) is 0 Å². The zero-order valence-corrected chi connectivity index (χ0v) is 10.4. The Morgan fingerprint density at radius 3 is 2.93 bits per heavy atom. The van der Waals surface area contributed by atoms with Crippen LogP contribution in [0.1, 0.15) is 10.4 Å². The lowest BCUT2D eigenvalue weighted by Gasteiger charge is -2.02. The van der Waals surface area contributed by atoms with Crippen LogP contribution in [0.25, 0.3) is 0 Å². The summed E-state index contributed by atoms with van der Waals surface area (Å²) >= 11 is 8.76. The van der Waals surface area contributed by atoms with Crippen LogP contribution in [-0.2, 0) is 0 Å². The third kappa shape index (κ3) is 4.49. The number of halogens is 2. The highest BCUT2D eigenvalue weighted by Crippen LogP contribution is 2.11. The van der Waals surface area contributed by atoms with Gasteiger partial charge in [0.1, 0.15) is 0 Å². The molecule has 1 aromatic carbocycles. The molecule has 0 aliphatic heterocycles. The lowest BCUT2D eigenvalue weighted by atomic mass is 10.2. The van der Waals surface area contributed by atoms with Gasteiger partial charge in [-0.3, -0.25) is 4.79 Å². The molecule has 0 aromatic heterocycles. The second kappa shape index (κ2) is 6.64. The second-order valence-electron chi connectivity index (χ2n) is 2.85. The second-order valence-corrected chi connectivity index (χ2v) is 4.07. The molecule has 1 aromatic rings. The Hall–Kier alpha value is -0.800. The smallest absolute Gasteiger partial charge is 0.251 e. The van der Waals surface area contributed by atoms with Gasteiger partial charge in [-0.15, -0.1) is 11.6 Å². The average molecular weight is 289 g/mol. The van der Waals surface area contributed by atoms with E-state index in [1.807, 2.05) is 18.2 Å². The summed E-state index contributed by atoms with van der Waals surface area (Å²) < 4.78 is 0.895. The molecule has 0 saturated heterocycles. The zero-order valence-electron chi connectivity index (χ0n) is 8.04. The Labute approximate surface area is 102 Å². The molecule has 1 N–H and O–H groups in total. The molecule has 0 spiro atoms. The summed E-state index contributed by atoms with van der Waals surface area (Å²) in [7, 11) is 0. The predicted molar refractivity (Wildman–Crippen MR) is 66.3 cm³/mol. The minimum Gasteiger partial charge on any atom is -0.349 e. The Bertz CT molecular complexity index is 365. The number of carbonyl (C=O) groups excluding carboxylic acids is 1. The number of hydrogen-bond acceptors (Lipinski definition) is 1. The molecule has 0 aliphatic rings. The molecule has 1 rings (SSSR count). The van der Waals surface area contributed by atoms with Gasteiger partial charge in [-0.1, -0.05) is 34.1 Å². The SMILES string of the molecule is O=C(NC/C=C/CCl)c1cccc(Br)c1. The lowest BCUT2D eigenvalue weighted by molar-refractivity contribution is 0.0958. The molecular weight excluding hydrogens is 277 g/mol. The molecule has 0 unspecified atom stereocenters. The summed E-state index contributed by atoms with van der Waals surface area (Å²) in [5.74, 6) is 0.378. The van der Waals surface area contributed by atoms with E-state index in [1.54, 1.807) is 18.2 Å². The highest BCUT2D eigenvalue weighted by molar-refractivity contribution is 9.10. The first-order valence-electron chi connectivity index (χ1n) is 4.49. The van der Waals surface area contributed by atoms with Crippen molar-refractivity contribution >= 4 is 33.4 Å². The van der Waals surface area contributed by atoms with Crippen molar-refractivity contribution in [1.29, 1.82) is 0 Å².